The highest BCUT2D eigenvalue weighted by atomic mass is 32.1. The van der Waals surface area contributed by atoms with Gasteiger partial charge in [-0.3, -0.25) is 4.79 Å². The highest BCUT2D eigenvalue weighted by Gasteiger charge is 2.12. The number of carbonyl (C=O) groups is 1. The molecule has 0 bridgehead atoms. The van der Waals surface area contributed by atoms with Gasteiger partial charge in [-0.1, -0.05) is 32.0 Å². The normalized spacial score (nSPS) is 10.7. The number of aromatic nitrogens is 1. The fourth-order valence-electron chi connectivity index (χ4n) is 1.58. The predicted octanol–water partition coefficient (Wildman–Crippen LogP) is 3.71. The highest BCUT2D eigenvalue weighted by Crippen LogP contribution is 2.28. The average molecular weight is 260 g/mol. The number of nitrogens with one attached hydrogen (secondary N) is 1. The first-order valence-corrected chi connectivity index (χ1v) is 6.78. The van der Waals surface area contributed by atoms with Crippen molar-refractivity contribution in [3.8, 4) is 11.3 Å². The van der Waals surface area contributed by atoms with Gasteiger partial charge in [-0.2, -0.15) is 0 Å². The van der Waals surface area contributed by atoms with Crippen molar-refractivity contribution in [2.24, 2.45) is 5.92 Å². The maximum absolute atomic E-state index is 11.8. The average Bonchev–Trinajstić information content (AvgIpc) is 2.76. The molecule has 0 aliphatic rings. The van der Waals surface area contributed by atoms with Gasteiger partial charge in [0.2, 0.25) is 5.91 Å². The molecule has 1 heterocycles. The zero-order valence-corrected chi connectivity index (χ0v) is 11.5. The topological polar surface area (TPSA) is 42.0 Å². The van der Waals surface area contributed by atoms with Crippen LogP contribution in [0.15, 0.2) is 29.6 Å². The minimum atomic E-state index is -0.0322. The van der Waals surface area contributed by atoms with Gasteiger partial charge in [-0.05, 0) is 13.0 Å². The van der Waals surface area contributed by atoms with E-state index >= 15 is 0 Å². The molecule has 4 heteroatoms. The molecule has 0 saturated carbocycles. The molecule has 1 amide bonds. The molecular formula is C14H16N2OS. The number of benzene rings is 1. The number of aryl methyl sites for hydroxylation is 1. The van der Waals surface area contributed by atoms with Gasteiger partial charge in [0.15, 0.2) is 0 Å². The summed E-state index contributed by atoms with van der Waals surface area (Å²) < 4.78 is 0. The maximum Gasteiger partial charge on any atom is 0.226 e. The predicted molar refractivity (Wildman–Crippen MR) is 75.8 cm³/mol. The first-order chi connectivity index (χ1) is 8.58. The van der Waals surface area contributed by atoms with E-state index in [1.165, 1.54) is 0 Å². The van der Waals surface area contributed by atoms with Crippen molar-refractivity contribution >= 4 is 22.9 Å². The van der Waals surface area contributed by atoms with E-state index in [1.54, 1.807) is 11.3 Å². The zero-order chi connectivity index (χ0) is 13.1. The third-order valence-electron chi connectivity index (χ3n) is 2.60. The molecule has 0 unspecified atom stereocenters. The van der Waals surface area contributed by atoms with E-state index in [0.717, 1.165) is 22.0 Å². The Kier molecular flexibility index (Phi) is 3.77. The molecule has 1 aromatic carbocycles. The molecule has 0 fully saturated rings. The number of rotatable bonds is 3. The number of para-hydroxylation sites is 1. The van der Waals surface area contributed by atoms with Gasteiger partial charge in [-0.25, -0.2) is 4.98 Å². The van der Waals surface area contributed by atoms with E-state index in [9.17, 15) is 4.79 Å². The number of nitrogens with zero attached hydrogens (tertiary/aromatic N) is 1. The van der Waals surface area contributed by atoms with Crippen LogP contribution in [0.25, 0.3) is 11.3 Å². The van der Waals surface area contributed by atoms with E-state index in [4.69, 9.17) is 0 Å². The van der Waals surface area contributed by atoms with Crippen molar-refractivity contribution in [3.05, 3.63) is 34.7 Å². The third kappa shape index (κ3) is 2.76. The molecule has 1 N–H and O–H groups in total. The standard InChI is InChI=1S/C14H16N2OS/c1-9(2)14(17)16-12-7-5-4-6-11(12)13-8-18-10(3)15-13/h4-9H,1-3H3,(H,16,17). The largest absolute Gasteiger partial charge is 0.325 e. The van der Waals surface area contributed by atoms with Crippen LogP contribution in [0, 0.1) is 12.8 Å². The zero-order valence-electron chi connectivity index (χ0n) is 10.7. The summed E-state index contributed by atoms with van der Waals surface area (Å²) in [7, 11) is 0. The third-order valence-corrected chi connectivity index (χ3v) is 3.38. The number of carbonyl (C=O) groups excluding carboxylic acids is 1. The number of thiazole rings is 1. The summed E-state index contributed by atoms with van der Waals surface area (Å²) in [6.07, 6.45) is 0. The Hall–Kier alpha value is -1.68. The number of anilines is 1. The summed E-state index contributed by atoms with van der Waals surface area (Å²) in [6.45, 7) is 5.74. The van der Waals surface area contributed by atoms with Gasteiger partial charge in [0, 0.05) is 16.9 Å². The van der Waals surface area contributed by atoms with Crippen molar-refractivity contribution in [3.63, 3.8) is 0 Å². The van der Waals surface area contributed by atoms with Crippen LogP contribution >= 0.6 is 11.3 Å². The smallest absolute Gasteiger partial charge is 0.226 e. The second-order valence-corrected chi connectivity index (χ2v) is 5.50. The molecule has 1 aromatic heterocycles. The summed E-state index contributed by atoms with van der Waals surface area (Å²) in [5, 5.41) is 5.98. The number of hydrogen-bond donors (Lipinski definition) is 1. The molecule has 0 spiro atoms. The summed E-state index contributed by atoms with van der Waals surface area (Å²) in [5.74, 6) is -0.00960. The highest BCUT2D eigenvalue weighted by molar-refractivity contribution is 7.09. The summed E-state index contributed by atoms with van der Waals surface area (Å²) >= 11 is 1.61. The number of amides is 1. The van der Waals surface area contributed by atoms with Gasteiger partial charge < -0.3 is 5.32 Å². The van der Waals surface area contributed by atoms with Crippen LogP contribution in [0.1, 0.15) is 18.9 Å². The Morgan fingerprint density at radius 2 is 2.06 bits per heavy atom. The van der Waals surface area contributed by atoms with Gasteiger partial charge >= 0.3 is 0 Å². The minimum absolute atomic E-state index is 0.0226. The van der Waals surface area contributed by atoms with Crippen molar-refractivity contribution in [2.75, 3.05) is 5.32 Å². The summed E-state index contributed by atoms with van der Waals surface area (Å²) in [6, 6.07) is 7.75. The Morgan fingerprint density at radius 1 is 1.33 bits per heavy atom. The van der Waals surface area contributed by atoms with Gasteiger partial charge in [-0.15, -0.1) is 11.3 Å². The van der Waals surface area contributed by atoms with Gasteiger partial charge in [0.25, 0.3) is 0 Å². The van der Waals surface area contributed by atoms with E-state index < -0.39 is 0 Å². The van der Waals surface area contributed by atoms with Crippen molar-refractivity contribution < 1.29 is 4.79 Å². The molecule has 18 heavy (non-hydrogen) atoms. The molecule has 0 atom stereocenters. The molecule has 0 aliphatic heterocycles. The fourth-order valence-corrected chi connectivity index (χ4v) is 2.19. The Labute approximate surface area is 111 Å². The van der Waals surface area contributed by atoms with Crippen molar-refractivity contribution in [1.29, 1.82) is 0 Å². The van der Waals surface area contributed by atoms with E-state index in [0.29, 0.717) is 0 Å². The lowest BCUT2D eigenvalue weighted by molar-refractivity contribution is -0.118. The Morgan fingerprint density at radius 3 is 2.67 bits per heavy atom. The van der Waals surface area contributed by atoms with Crippen molar-refractivity contribution in [2.45, 2.75) is 20.8 Å². The maximum atomic E-state index is 11.8. The molecule has 2 rings (SSSR count). The van der Waals surface area contributed by atoms with Crippen LogP contribution in [0.4, 0.5) is 5.69 Å². The summed E-state index contributed by atoms with van der Waals surface area (Å²) in [4.78, 5) is 16.2. The lowest BCUT2D eigenvalue weighted by Crippen LogP contribution is -2.18. The monoisotopic (exact) mass is 260 g/mol. The SMILES string of the molecule is Cc1nc(-c2ccccc2NC(=O)C(C)C)cs1. The van der Waals surface area contributed by atoms with Crippen LogP contribution in [0.3, 0.4) is 0 Å². The fraction of sp³-hybridized carbons (Fsp3) is 0.286. The van der Waals surface area contributed by atoms with Crippen LogP contribution in [0.5, 0.6) is 0 Å². The molecular weight excluding hydrogens is 244 g/mol. The molecule has 0 radical (unpaired) electrons. The first-order valence-electron chi connectivity index (χ1n) is 5.90. The lowest BCUT2D eigenvalue weighted by Gasteiger charge is -2.11. The quantitative estimate of drug-likeness (QED) is 0.914. The second kappa shape index (κ2) is 5.31. The lowest BCUT2D eigenvalue weighted by atomic mass is 10.1. The van der Waals surface area contributed by atoms with Gasteiger partial charge in [0.05, 0.1) is 16.4 Å². The molecule has 2 aromatic rings. The van der Waals surface area contributed by atoms with Crippen LogP contribution in [-0.2, 0) is 4.79 Å². The van der Waals surface area contributed by atoms with E-state index in [1.807, 2.05) is 50.4 Å². The Bertz CT molecular complexity index is 560. The van der Waals surface area contributed by atoms with Crippen molar-refractivity contribution in [1.82, 2.24) is 4.98 Å². The number of hydrogen-bond acceptors (Lipinski definition) is 3. The Balaban J connectivity index is 2.34. The van der Waals surface area contributed by atoms with E-state index in [2.05, 4.69) is 10.3 Å². The molecule has 0 aliphatic carbocycles. The molecule has 94 valence electrons. The molecule has 0 saturated heterocycles. The minimum Gasteiger partial charge on any atom is -0.325 e. The second-order valence-electron chi connectivity index (χ2n) is 4.44. The molecule has 3 nitrogen and oxygen atoms in total. The van der Waals surface area contributed by atoms with Gasteiger partial charge in [0.1, 0.15) is 0 Å². The first kappa shape index (κ1) is 12.8. The van der Waals surface area contributed by atoms with Crippen LogP contribution < -0.4 is 5.32 Å². The van der Waals surface area contributed by atoms with Crippen LogP contribution in [0.2, 0.25) is 0 Å². The summed E-state index contributed by atoms with van der Waals surface area (Å²) in [5.41, 5.74) is 2.70. The van der Waals surface area contributed by atoms with E-state index in [-0.39, 0.29) is 11.8 Å². The van der Waals surface area contributed by atoms with Crippen LogP contribution in [-0.4, -0.2) is 10.9 Å².